The van der Waals surface area contributed by atoms with E-state index in [1.807, 2.05) is 0 Å². The van der Waals surface area contributed by atoms with Crippen molar-refractivity contribution >= 4 is 5.97 Å². The van der Waals surface area contributed by atoms with Gasteiger partial charge >= 0.3 is 5.97 Å². The van der Waals surface area contributed by atoms with E-state index >= 15 is 0 Å². The maximum atomic E-state index is 13.2. The Morgan fingerprint density at radius 3 is 2.69 bits per heavy atom. The predicted molar refractivity (Wildman–Crippen MR) is 52.2 cm³/mol. The maximum Gasteiger partial charge on any atom is 0.306 e. The quantitative estimate of drug-likeness (QED) is 0.695. The molecule has 0 fully saturated rings. The molecular weight excluding hydrogens is 217 g/mol. The van der Waals surface area contributed by atoms with Gasteiger partial charge in [-0.2, -0.15) is 0 Å². The van der Waals surface area contributed by atoms with Gasteiger partial charge in [-0.25, -0.2) is 4.39 Å². The van der Waals surface area contributed by atoms with Gasteiger partial charge in [-0.15, -0.1) is 0 Å². The van der Waals surface area contributed by atoms with Gasteiger partial charge in [0.1, 0.15) is 17.6 Å². The molecule has 0 aliphatic rings. The van der Waals surface area contributed by atoms with Gasteiger partial charge in [0.05, 0.1) is 12.5 Å². The molecule has 2 atom stereocenters. The van der Waals surface area contributed by atoms with Crippen LogP contribution in [0.3, 0.4) is 0 Å². The number of aromatic nitrogens is 1. The van der Waals surface area contributed by atoms with Crippen LogP contribution < -0.4 is 0 Å². The smallest absolute Gasteiger partial charge is 0.306 e. The van der Waals surface area contributed by atoms with Gasteiger partial charge in [0, 0.05) is 5.69 Å². The summed E-state index contributed by atoms with van der Waals surface area (Å²) in [5.74, 6) is -2.05. The first kappa shape index (κ1) is 12.5. The highest BCUT2D eigenvalue weighted by Gasteiger charge is 2.25. The zero-order chi connectivity index (χ0) is 12.3. The Labute approximate surface area is 91.2 Å². The number of carboxylic acids is 1. The van der Waals surface area contributed by atoms with Crippen LogP contribution in [0.15, 0.2) is 12.1 Å². The zero-order valence-corrected chi connectivity index (χ0v) is 8.59. The van der Waals surface area contributed by atoms with Gasteiger partial charge in [-0.3, -0.25) is 9.78 Å². The SMILES string of the molecule is Cc1ccc(F)c(C(O)C(O)CC(=O)O)n1. The molecule has 1 aromatic heterocycles. The van der Waals surface area contributed by atoms with Gasteiger partial charge in [0.2, 0.25) is 0 Å². The normalized spacial score (nSPS) is 14.5. The Kier molecular flexibility index (Phi) is 3.92. The van der Waals surface area contributed by atoms with Crippen molar-refractivity contribution in [3.05, 3.63) is 29.3 Å². The number of carboxylic acid groups (broad SMARTS) is 1. The fraction of sp³-hybridized carbons (Fsp3) is 0.400. The second kappa shape index (κ2) is 5.00. The topological polar surface area (TPSA) is 90.7 Å². The number of aliphatic hydroxyl groups is 2. The second-order valence-corrected chi connectivity index (χ2v) is 3.43. The second-order valence-electron chi connectivity index (χ2n) is 3.43. The Bertz CT molecular complexity index is 396. The third kappa shape index (κ3) is 2.98. The summed E-state index contributed by atoms with van der Waals surface area (Å²) in [5, 5.41) is 27.3. The molecule has 0 radical (unpaired) electrons. The monoisotopic (exact) mass is 229 g/mol. The van der Waals surface area contributed by atoms with Crippen LogP contribution in [0.25, 0.3) is 0 Å². The standard InChI is InChI=1S/C10H12FNO4/c1-5-2-3-6(11)9(12-5)10(16)7(13)4-8(14)15/h2-3,7,10,13,16H,4H2,1H3,(H,14,15). The summed E-state index contributed by atoms with van der Waals surface area (Å²) in [6.45, 7) is 1.60. The number of pyridine rings is 1. The van der Waals surface area contributed by atoms with Gasteiger partial charge < -0.3 is 15.3 Å². The third-order valence-corrected chi connectivity index (χ3v) is 2.04. The largest absolute Gasteiger partial charge is 0.481 e. The molecule has 16 heavy (non-hydrogen) atoms. The summed E-state index contributed by atoms with van der Waals surface area (Å²) in [6.07, 6.45) is -3.90. The number of aryl methyl sites for hydroxylation is 1. The molecule has 5 nitrogen and oxygen atoms in total. The number of aliphatic hydroxyl groups excluding tert-OH is 2. The molecule has 0 aromatic carbocycles. The van der Waals surface area contributed by atoms with Crippen molar-refractivity contribution in [3.8, 4) is 0 Å². The molecule has 2 unspecified atom stereocenters. The molecule has 0 bridgehead atoms. The average molecular weight is 229 g/mol. The lowest BCUT2D eigenvalue weighted by molar-refractivity contribution is -0.141. The van der Waals surface area contributed by atoms with Gasteiger partial charge in [0.15, 0.2) is 0 Å². The molecular formula is C10H12FNO4. The van der Waals surface area contributed by atoms with Gasteiger partial charge in [-0.05, 0) is 19.1 Å². The summed E-state index contributed by atoms with van der Waals surface area (Å²) >= 11 is 0. The number of carbonyl (C=O) groups is 1. The van der Waals surface area contributed by atoms with E-state index in [-0.39, 0.29) is 5.69 Å². The minimum atomic E-state index is -1.64. The third-order valence-electron chi connectivity index (χ3n) is 2.04. The van der Waals surface area contributed by atoms with Crippen LogP contribution in [0, 0.1) is 12.7 Å². The molecule has 0 saturated heterocycles. The number of hydrogen-bond donors (Lipinski definition) is 3. The number of hydrogen-bond acceptors (Lipinski definition) is 4. The van der Waals surface area contributed by atoms with E-state index in [0.29, 0.717) is 5.69 Å². The Morgan fingerprint density at radius 2 is 2.12 bits per heavy atom. The van der Waals surface area contributed by atoms with Crippen LogP contribution in [0.2, 0.25) is 0 Å². The van der Waals surface area contributed by atoms with E-state index in [9.17, 15) is 19.4 Å². The molecule has 1 aromatic rings. The summed E-state index contributed by atoms with van der Waals surface area (Å²) in [6, 6.07) is 2.52. The highest BCUT2D eigenvalue weighted by molar-refractivity contribution is 5.67. The number of nitrogens with zero attached hydrogens (tertiary/aromatic N) is 1. The maximum absolute atomic E-state index is 13.2. The van der Waals surface area contributed by atoms with E-state index in [2.05, 4.69) is 4.98 Å². The van der Waals surface area contributed by atoms with Crippen LogP contribution in [-0.4, -0.2) is 32.4 Å². The lowest BCUT2D eigenvalue weighted by Gasteiger charge is -2.16. The van der Waals surface area contributed by atoms with Crippen molar-refractivity contribution in [1.29, 1.82) is 0 Å². The Morgan fingerprint density at radius 1 is 1.50 bits per heavy atom. The molecule has 0 saturated carbocycles. The van der Waals surface area contributed by atoms with Crippen LogP contribution in [0.5, 0.6) is 0 Å². The summed E-state index contributed by atoms with van der Waals surface area (Å²) in [4.78, 5) is 14.0. The van der Waals surface area contributed by atoms with E-state index in [4.69, 9.17) is 5.11 Å². The molecule has 0 aliphatic heterocycles. The number of rotatable bonds is 4. The van der Waals surface area contributed by atoms with Crippen LogP contribution in [0.4, 0.5) is 4.39 Å². The minimum absolute atomic E-state index is 0.339. The molecule has 0 spiro atoms. The highest BCUT2D eigenvalue weighted by Crippen LogP contribution is 2.20. The summed E-state index contributed by atoms with van der Waals surface area (Å²) < 4.78 is 13.2. The summed E-state index contributed by atoms with van der Waals surface area (Å²) in [7, 11) is 0. The number of aliphatic carboxylic acids is 1. The minimum Gasteiger partial charge on any atom is -0.481 e. The Hall–Kier alpha value is -1.53. The zero-order valence-electron chi connectivity index (χ0n) is 8.59. The molecule has 0 aliphatic carbocycles. The van der Waals surface area contributed by atoms with E-state index < -0.39 is 30.4 Å². The first-order valence-corrected chi connectivity index (χ1v) is 4.62. The lowest BCUT2D eigenvalue weighted by Crippen LogP contribution is -2.23. The van der Waals surface area contributed by atoms with Crippen molar-refractivity contribution in [1.82, 2.24) is 4.98 Å². The molecule has 1 heterocycles. The van der Waals surface area contributed by atoms with Crippen LogP contribution >= 0.6 is 0 Å². The predicted octanol–water partition coefficient (Wildman–Crippen LogP) is 0.398. The van der Waals surface area contributed by atoms with E-state index in [1.165, 1.54) is 6.07 Å². The van der Waals surface area contributed by atoms with Crippen molar-refractivity contribution in [2.45, 2.75) is 25.6 Å². The van der Waals surface area contributed by atoms with Crippen molar-refractivity contribution in [3.63, 3.8) is 0 Å². The lowest BCUT2D eigenvalue weighted by atomic mass is 10.1. The molecule has 3 N–H and O–H groups in total. The fourth-order valence-electron chi connectivity index (χ4n) is 1.24. The van der Waals surface area contributed by atoms with Gasteiger partial charge in [0.25, 0.3) is 0 Å². The fourth-order valence-corrected chi connectivity index (χ4v) is 1.24. The Balaban J connectivity index is 2.90. The average Bonchev–Trinajstić information content (AvgIpc) is 2.19. The van der Waals surface area contributed by atoms with Crippen molar-refractivity contribution in [2.24, 2.45) is 0 Å². The molecule has 88 valence electrons. The first-order valence-electron chi connectivity index (χ1n) is 4.62. The first-order chi connectivity index (χ1) is 7.41. The van der Waals surface area contributed by atoms with E-state index in [1.54, 1.807) is 6.92 Å². The van der Waals surface area contributed by atoms with Gasteiger partial charge in [-0.1, -0.05) is 0 Å². The van der Waals surface area contributed by atoms with Crippen molar-refractivity contribution in [2.75, 3.05) is 0 Å². The number of halogens is 1. The van der Waals surface area contributed by atoms with E-state index in [0.717, 1.165) is 6.07 Å². The highest BCUT2D eigenvalue weighted by atomic mass is 19.1. The molecule has 1 rings (SSSR count). The molecule has 6 heteroatoms. The van der Waals surface area contributed by atoms with Crippen LogP contribution in [-0.2, 0) is 4.79 Å². The van der Waals surface area contributed by atoms with Crippen LogP contribution in [0.1, 0.15) is 23.9 Å². The summed E-state index contributed by atoms with van der Waals surface area (Å²) in [5.41, 5.74) is 0.131. The molecule has 0 amide bonds. The van der Waals surface area contributed by atoms with Crippen molar-refractivity contribution < 1.29 is 24.5 Å².